The minimum absolute atomic E-state index is 0.153. The lowest BCUT2D eigenvalue weighted by Crippen LogP contribution is -2.33. The molecule has 6 heteroatoms. The fraction of sp³-hybridized carbons (Fsp3) is 0.227. The Kier molecular flexibility index (Phi) is 4.20. The molecule has 2 aromatic carbocycles. The minimum atomic E-state index is -0.211. The summed E-state index contributed by atoms with van der Waals surface area (Å²) in [6.45, 7) is 0. The third-order valence-corrected chi connectivity index (χ3v) is 6.11. The summed E-state index contributed by atoms with van der Waals surface area (Å²) < 4.78 is 17.2. The lowest BCUT2D eigenvalue weighted by molar-refractivity contribution is -0.0165. The van der Waals surface area contributed by atoms with Crippen molar-refractivity contribution in [2.24, 2.45) is 5.10 Å². The van der Waals surface area contributed by atoms with Gasteiger partial charge >= 0.3 is 0 Å². The average molecular weight is 392 g/mol. The second-order valence-electron chi connectivity index (χ2n) is 6.74. The van der Waals surface area contributed by atoms with Gasteiger partial charge in [0.05, 0.1) is 30.9 Å². The van der Waals surface area contributed by atoms with Crippen LogP contribution in [0.15, 0.2) is 65.1 Å². The van der Waals surface area contributed by atoms with Crippen molar-refractivity contribution in [3.8, 4) is 17.2 Å². The molecule has 2 atom stereocenters. The topological polar surface area (TPSA) is 43.3 Å². The monoisotopic (exact) mass is 392 g/mol. The van der Waals surface area contributed by atoms with Crippen molar-refractivity contribution >= 4 is 17.0 Å². The summed E-state index contributed by atoms with van der Waals surface area (Å²) in [5.41, 5.74) is 3.23. The van der Waals surface area contributed by atoms with Crippen molar-refractivity contribution in [1.29, 1.82) is 0 Å². The number of hydrogen-bond acceptors (Lipinski definition) is 6. The van der Waals surface area contributed by atoms with Gasteiger partial charge in [0.25, 0.3) is 0 Å². The summed E-state index contributed by atoms with van der Waals surface area (Å²) >= 11 is 1.69. The number of ether oxygens (including phenoxy) is 3. The summed E-state index contributed by atoms with van der Waals surface area (Å²) in [5.74, 6) is 2.36. The number of hydrogen-bond donors (Lipinski definition) is 0. The molecule has 0 N–H and O–H groups in total. The van der Waals surface area contributed by atoms with Crippen molar-refractivity contribution < 1.29 is 14.2 Å². The third-order valence-electron chi connectivity index (χ3n) is 5.20. The molecule has 1 aromatic heterocycles. The summed E-state index contributed by atoms with van der Waals surface area (Å²) in [7, 11) is 3.29. The number of fused-ring (bicyclic) bond motifs is 3. The molecule has 0 aliphatic carbocycles. The molecular weight excluding hydrogens is 372 g/mol. The Labute approximate surface area is 167 Å². The molecule has 28 heavy (non-hydrogen) atoms. The van der Waals surface area contributed by atoms with Gasteiger partial charge in [-0.1, -0.05) is 24.3 Å². The quantitative estimate of drug-likeness (QED) is 0.626. The van der Waals surface area contributed by atoms with E-state index in [2.05, 4.69) is 28.6 Å². The Morgan fingerprint density at radius 2 is 1.89 bits per heavy atom. The summed E-state index contributed by atoms with van der Waals surface area (Å²) in [4.78, 5) is 1.15. The van der Waals surface area contributed by atoms with Crippen LogP contribution in [0.1, 0.15) is 34.7 Å². The second-order valence-corrected chi connectivity index (χ2v) is 7.72. The first-order chi connectivity index (χ1) is 13.8. The van der Waals surface area contributed by atoms with Crippen LogP contribution in [0.4, 0.5) is 0 Å². The number of para-hydroxylation sites is 1. The van der Waals surface area contributed by atoms with Gasteiger partial charge in [0, 0.05) is 17.5 Å². The van der Waals surface area contributed by atoms with E-state index in [-0.39, 0.29) is 12.3 Å². The molecule has 3 aromatic rings. The number of nitrogens with zero attached hydrogens (tertiary/aromatic N) is 2. The molecule has 0 bridgehead atoms. The average Bonchev–Trinajstić information content (AvgIpc) is 3.43. The zero-order valence-electron chi connectivity index (χ0n) is 15.7. The highest BCUT2D eigenvalue weighted by atomic mass is 32.1. The second kappa shape index (κ2) is 6.87. The summed E-state index contributed by atoms with van der Waals surface area (Å²) in [6.07, 6.45) is 0.607. The number of methoxy groups -OCH3 is 2. The summed E-state index contributed by atoms with van der Waals surface area (Å²) in [5, 5.41) is 9.15. The van der Waals surface area contributed by atoms with Gasteiger partial charge in [-0.25, -0.2) is 5.01 Å². The van der Waals surface area contributed by atoms with Crippen molar-refractivity contribution in [2.75, 3.05) is 14.2 Å². The van der Waals surface area contributed by atoms with E-state index < -0.39 is 0 Å². The summed E-state index contributed by atoms with van der Waals surface area (Å²) in [6, 6.07) is 18.5. The lowest BCUT2D eigenvalue weighted by Gasteiger charge is -2.37. The number of rotatable bonds is 4. The van der Waals surface area contributed by atoms with E-state index in [9.17, 15) is 0 Å². The van der Waals surface area contributed by atoms with Gasteiger partial charge in [-0.05, 0) is 35.7 Å². The normalized spacial score (nSPS) is 20.1. The molecule has 0 spiro atoms. The minimum Gasteiger partial charge on any atom is -0.493 e. The van der Waals surface area contributed by atoms with Crippen LogP contribution in [0, 0.1) is 0 Å². The highest BCUT2D eigenvalue weighted by Gasteiger charge is 2.41. The van der Waals surface area contributed by atoms with E-state index in [4.69, 9.17) is 19.3 Å². The standard InChI is InChI=1S/C22H20N2O3S/c1-25-19-10-9-14(12-20(19)26-2)16-13-17-15-6-3-4-7-18(15)27-22(24(17)23-16)21-8-5-11-28-21/h3-12,17,22H,13H2,1-2H3/t17-,22+/m0/s1. The van der Waals surface area contributed by atoms with Crippen LogP contribution in [0.5, 0.6) is 17.2 Å². The van der Waals surface area contributed by atoms with Crippen LogP contribution in [0.25, 0.3) is 0 Å². The Balaban J connectivity index is 1.56. The smallest absolute Gasteiger partial charge is 0.222 e. The first kappa shape index (κ1) is 17.1. The first-order valence-electron chi connectivity index (χ1n) is 9.15. The third kappa shape index (κ3) is 2.72. The molecule has 0 unspecified atom stereocenters. The number of hydrazone groups is 1. The van der Waals surface area contributed by atoms with Crippen LogP contribution in [-0.2, 0) is 0 Å². The van der Waals surface area contributed by atoms with Gasteiger partial charge in [0.2, 0.25) is 6.23 Å². The maximum Gasteiger partial charge on any atom is 0.222 e. The van der Waals surface area contributed by atoms with E-state index >= 15 is 0 Å². The molecule has 0 fully saturated rings. The van der Waals surface area contributed by atoms with E-state index in [1.54, 1.807) is 25.6 Å². The molecule has 0 saturated carbocycles. The van der Waals surface area contributed by atoms with Crippen LogP contribution in [0.3, 0.4) is 0 Å². The fourth-order valence-electron chi connectivity index (χ4n) is 3.84. The molecule has 142 valence electrons. The molecular formula is C22H20N2O3S. The molecule has 3 heterocycles. The Morgan fingerprint density at radius 1 is 1.04 bits per heavy atom. The maximum absolute atomic E-state index is 6.34. The van der Waals surface area contributed by atoms with Gasteiger partial charge in [0.1, 0.15) is 5.75 Å². The van der Waals surface area contributed by atoms with Crippen LogP contribution < -0.4 is 14.2 Å². The highest BCUT2D eigenvalue weighted by molar-refractivity contribution is 7.10. The van der Waals surface area contributed by atoms with Crippen LogP contribution in [0.2, 0.25) is 0 Å². The van der Waals surface area contributed by atoms with Crippen molar-refractivity contribution in [3.05, 3.63) is 76.0 Å². The zero-order chi connectivity index (χ0) is 19.1. The first-order valence-corrected chi connectivity index (χ1v) is 10.0. The van der Waals surface area contributed by atoms with E-state index in [0.717, 1.165) is 28.3 Å². The molecule has 0 saturated heterocycles. The molecule has 5 rings (SSSR count). The van der Waals surface area contributed by atoms with Crippen molar-refractivity contribution in [3.63, 3.8) is 0 Å². The van der Waals surface area contributed by atoms with Gasteiger partial charge in [0.15, 0.2) is 11.5 Å². The Morgan fingerprint density at radius 3 is 2.68 bits per heavy atom. The number of thiophene rings is 1. The SMILES string of the molecule is COc1ccc(C2=NN3[C@@H](c4cccs4)Oc4ccccc4[C@@H]3C2)cc1OC. The molecule has 5 nitrogen and oxygen atoms in total. The van der Waals surface area contributed by atoms with Gasteiger partial charge in [-0.3, -0.25) is 0 Å². The van der Waals surface area contributed by atoms with Gasteiger partial charge in [-0.15, -0.1) is 11.3 Å². The lowest BCUT2D eigenvalue weighted by atomic mass is 9.96. The largest absolute Gasteiger partial charge is 0.493 e. The Bertz CT molecular complexity index is 1030. The maximum atomic E-state index is 6.34. The van der Waals surface area contributed by atoms with Gasteiger partial charge < -0.3 is 14.2 Å². The van der Waals surface area contributed by atoms with Crippen molar-refractivity contribution in [1.82, 2.24) is 5.01 Å². The zero-order valence-corrected chi connectivity index (χ0v) is 16.5. The number of benzene rings is 2. The van der Waals surface area contributed by atoms with Crippen LogP contribution >= 0.6 is 11.3 Å². The Hall–Kier alpha value is -2.99. The molecule has 0 amide bonds. The molecule has 2 aliphatic rings. The van der Waals surface area contributed by atoms with E-state index in [1.807, 2.05) is 36.4 Å². The highest BCUT2D eigenvalue weighted by Crippen LogP contribution is 2.48. The van der Waals surface area contributed by atoms with Crippen molar-refractivity contribution in [2.45, 2.75) is 18.7 Å². The van der Waals surface area contributed by atoms with E-state index in [0.29, 0.717) is 11.5 Å². The fourth-order valence-corrected chi connectivity index (χ4v) is 4.59. The molecule has 2 aliphatic heterocycles. The van der Waals surface area contributed by atoms with Crippen LogP contribution in [-0.4, -0.2) is 24.9 Å². The predicted octanol–water partition coefficient (Wildman–Crippen LogP) is 5.01. The van der Waals surface area contributed by atoms with E-state index in [1.165, 1.54) is 5.56 Å². The molecule has 0 radical (unpaired) electrons. The predicted molar refractivity (Wildman–Crippen MR) is 109 cm³/mol. The van der Waals surface area contributed by atoms with Gasteiger partial charge in [-0.2, -0.15) is 5.10 Å².